The van der Waals surface area contributed by atoms with Crippen LogP contribution in [0.4, 0.5) is 16.2 Å². The smallest absolute Gasteiger partial charge is 0.429 e. The Labute approximate surface area is 274 Å². The van der Waals surface area contributed by atoms with Gasteiger partial charge in [0.05, 0.1) is 9.41 Å². The van der Waals surface area contributed by atoms with Gasteiger partial charge in [-0.3, -0.25) is 29.3 Å². The van der Waals surface area contributed by atoms with E-state index in [4.69, 9.17) is 9.47 Å². The molecule has 14 nitrogen and oxygen atoms in total. The number of nitro groups is 1. The summed E-state index contributed by atoms with van der Waals surface area (Å²) >= 11 is 3.01. The van der Waals surface area contributed by atoms with Crippen LogP contribution in [0.15, 0.2) is 59.6 Å². The van der Waals surface area contributed by atoms with E-state index in [0.29, 0.717) is 37.1 Å². The van der Waals surface area contributed by atoms with E-state index in [1.165, 1.54) is 31.2 Å². The molecule has 0 saturated heterocycles. The molecule has 0 bridgehead atoms. The predicted molar refractivity (Wildman–Crippen MR) is 173 cm³/mol. The molecule has 2 aromatic carbocycles. The monoisotopic (exact) mass is 703 g/mol. The summed E-state index contributed by atoms with van der Waals surface area (Å²) in [7, 11) is 0. The molecule has 0 aliphatic heterocycles. The van der Waals surface area contributed by atoms with Gasteiger partial charge in [0.1, 0.15) is 24.4 Å². The van der Waals surface area contributed by atoms with Crippen molar-refractivity contribution in [1.82, 2.24) is 16.0 Å². The van der Waals surface area contributed by atoms with Gasteiger partial charge in [-0.05, 0) is 71.4 Å². The second kappa shape index (κ2) is 18.9. The largest absolute Gasteiger partial charge is 0.514 e. The van der Waals surface area contributed by atoms with Crippen LogP contribution >= 0.6 is 15.9 Å². The number of carbonyl (C=O) groups excluding carboxylic acids is 5. The fraction of sp³-hybridized carbons (Fsp3) is 0.387. The third-order valence-electron chi connectivity index (χ3n) is 6.46. The van der Waals surface area contributed by atoms with E-state index < -0.39 is 35.0 Å². The van der Waals surface area contributed by atoms with Gasteiger partial charge in [0.2, 0.25) is 17.7 Å². The number of anilines is 1. The average molecular weight is 705 g/mol. The first kappa shape index (κ1) is 37.4. The molecule has 0 aliphatic rings. The average Bonchev–Trinajstić information content (AvgIpc) is 3.00. The molecule has 0 aliphatic carbocycles. The minimum Gasteiger partial charge on any atom is -0.429 e. The van der Waals surface area contributed by atoms with Gasteiger partial charge in [-0.15, -0.1) is 0 Å². The van der Waals surface area contributed by atoms with Gasteiger partial charge in [-0.2, -0.15) is 0 Å². The normalized spacial score (nSPS) is 11.8. The van der Waals surface area contributed by atoms with Crippen LogP contribution in [0.2, 0.25) is 0 Å². The summed E-state index contributed by atoms with van der Waals surface area (Å²) in [6.07, 6.45) is 1.21. The van der Waals surface area contributed by atoms with Gasteiger partial charge in [-0.1, -0.05) is 39.0 Å². The molecule has 2 atom stereocenters. The van der Waals surface area contributed by atoms with E-state index in [1.54, 1.807) is 38.1 Å². The summed E-state index contributed by atoms with van der Waals surface area (Å²) in [5.41, 5.74) is 0.895. The van der Waals surface area contributed by atoms with E-state index in [1.807, 2.05) is 0 Å². The number of hydrogen-bond donors (Lipinski definition) is 4. The summed E-state index contributed by atoms with van der Waals surface area (Å²) in [5, 5.41) is 21.5. The number of halogens is 1. The Morgan fingerprint density at radius 3 is 2.15 bits per heavy atom. The fourth-order valence-electron chi connectivity index (χ4n) is 3.87. The number of ether oxygens (including phenoxy) is 2. The Bertz CT molecular complexity index is 1400. The molecule has 0 spiro atoms. The summed E-state index contributed by atoms with van der Waals surface area (Å²) in [6.45, 7) is 8.93. The van der Waals surface area contributed by atoms with Crippen LogP contribution in [0.25, 0.3) is 0 Å². The van der Waals surface area contributed by atoms with Crippen LogP contribution in [0.5, 0.6) is 5.75 Å². The van der Waals surface area contributed by atoms with Crippen LogP contribution in [0, 0.1) is 16.0 Å². The minimum atomic E-state index is -0.994. The maximum absolute atomic E-state index is 12.9. The molecule has 2 rings (SSSR count). The number of nitrogens with zero attached hydrogens (tertiary/aromatic N) is 1. The highest BCUT2D eigenvalue weighted by atomic mass is 79.9. The highest BCUT2D eigenvalue weighted by molar-refractivity contribution is 9.12. The van der Waals surface area contributed by atoms with Crippen LogP contribution in [-0.2, 0) is 30.5 Å². The molecule has 0 radical (unpaired) electrons. The van der Waals surface area contributed by atoms with Crippen LogP contribution in [-0.4, -0.2) is 53.3 Å². The van der Waals surface area contributed by atoms with Crippen molar-refractivity contribution in [2.75, 3.05) is 11.9 Å². The van der Waals surface area contributed by atoms with Gasteiger partial charge in [-0.25, -0.2) is 4.79 Å². The van der Waals surface area contributed by atoms with Gasteiger partial charge < -0.3 is 30.7 Å². The molecule has 4 N–H and O–H groups in total. The third kappa shape index (κ3) is 13.5. The molecular weight excluding hydrogens is 666 g/mol. The topological polar surface area (TPSA) is 195 Å². The second-order valence-electron chi connectivity index (χ2n) is 10.6. The Balaban J connectivity index is 1.75. The van der Waals surface area contributed by atoms with Crippen LogP contribution < -0.4 is 26.0 Å². The lowest BCUT2D eigenvalue weighted by molar-refractivity contribution is -0.384. The van der Waals surface area contributed by atoms with E-state index in [-0.39, 0.29) is 46.7 Å². The summed E-state index contributed by atoms with van der Waals surface area (Å²) in [5.74, 6) is -1.67. The first-order valence-electron chi connectivity index (χ1n) is 14.5. The van der Waals surface area contributed by atoms with E-state index in [2.05, 4.69) is 43.8 Å². The summed E-state index contributed by atoms with van der Waals surface area (Å²) in [6, 6.07) is 9.64. The molecular formula is C31H38BrN5O9. The zero-order valence-electron chi connectivity index (χ0n) is 25.8. The lowest BCUT2D eigenvalue weighted by Gasteiger charge is -2.24. The van der Waals surface area contributed by atoms with Crippen molar-refractivity contribution in [1.29, 1.82) is 0 Å². The highest BCUT2D eigenvalue weighted by Gasteiger charge is 2.27. The van der Waals surface area contributed by atoms with Crippen LogP contribution in [0.3, 0.4) is 0 Å². The summed E-state index contributed by atoms with van der Waals surface area (Å²) < 4.78 is 10.3. The molecule has 248 valence electrons. The van der Waals surface area contributed by atoms with Gasteiger partial charge in [0.15, 0.2) is 0 Å². The highest BCUT2D eigenvalue weighted by Crippen LogP contribution is 2.18. The lowest BCUT2D eigenvalue weighted by Crippen LogP contribution is -2.53. The zero-order valence-corrected chi connectivity index (χ0v) is 27.4. The molecule has 2 aromatic rings. The zero-order chi connectivity index (χ0) is 34.2. The van der Waals surface area contributed by atoms with Crippen molar-refractivity contribution in [2.24, 2.45) is 5.92 Å². The standard InChI is InChI=1S/C31H38BrN5O9/c1-19(2)27(36-26(38)8-6-5-7-17-33-28(39)20(3)32)30(41)34-21(4)29(40)35-23-11-9-22(10-12-23)18-45-31(42)46-25-15-13-24(14-16-25)37(43)44/h9-16,19,21,27H,3,5-8,17-18H2,1-2,4H3,(H,33,39)(H,34,41)(H,35,40)(H,36,38)/t21-,27-/m0/s1. The number of hydrogen-bond acceptors (Lipinski definition) is 9. The molecule has 0 aromatic heterocycles. The van der Waals surface area contributed by atoms with Crippen LogP contribution in [0.1, 0.15) is 52.0 Å². The van der Waals surface area contributed by atoms with Crippen molar-refractivity contribution in [2.45, 2.75) is 65.1 Å². The number of non-ortho nitro benzene ring substituents is 1. The first-order valence-corrected chi connectivity index (χ1v) is 15.3. The van der Waals surface area contributed by atoms with Crippen molar-refractivity contribution in [3.8, 4) is 5.75 Å². The molecule has 0 saturated carbocycles. The maximum Gasteiger partial charge on any atom is 0.514 e. The van der Waals surface area contributed by atoms with Crippen molar-refractivity contribution >= 4 is 57.1 Å². The van der Waals surface area contributed by atoms with Gasteiger partial charge in [0.25, 0.3) is 11.6 Å². The van der Waals surface area contributed by atoms with Crippen molar-refractivity contribution in [3.05, 3.63) is 75.3 Å². The number of amides is 4. The predicted octanol–water partition coefficient (Wildman–Crippen LogP) is 4.48. The number of rotatable bonds is 17. The molecule has 46 heavy (non-hydrogen) atoms. The Kier molecular flexibility index (Phi) is 15.4. The second-order valence-corrected chi connectivity index (χ2v) is 11.5. The van der Waals surface area contributed by atoms with E-state index in [0.717, 1.165) is 0 Å². The number of benzene rings is 2. The minimum absolute atomic E-state index is 0.0882. The molecule has 4 amide bonds. The first-order chi connectivity index (χ1) is 21.8. The SMILES string of the molecule is C=C(Br)C(=O)NCCCCCC(=O)N[C@H](C(=O)N[C@@H](C)C(=O)Nc1ccc(COC(=O)Oc2ccc([N+](=O)[O-])cc2)cc1)C(C)C. The Morgan fingerprint density at radius 1 is 0.913 bits per heavy atom. The summed E-state index contributed by atoms with van der Waals surface area (Å²) in [4.78, 5) is 71.6. The molecule has 0 heterocycles. The maximum atomic E-state index is 12.9. The third-order valence-corrected chi connectivity index (χ3v) is 6.82. The lowest BCUT2D eigenvalue weighted by atomic mass is 10.0. The van der Waals surface area contributed by atoms with Crippen molar-refractivity contribution in [3.63, 3.8) is 0 Å². The number of carbonyl (C=O) groups is 5. The fourth-order valence-corrected chi connectivity index (χ4v) is 4.01. The Hall–Kier alpha value is -4.79. The molecule has 0 unspecified atom stereocenters. The number of nitrogens with one attached hydrogen (secondary N) is 4. The van der Waals surface area contributed by atoms with Gasteiger partial charge >= 0.3 is 6.16 Å². The number of unbranched alkanes of at least 4 members (excludes halogenated alkanes) is 2. The quantitative estimate of drug-likeness (QED) is 0.0459. The van der Waals surface area contributed by atoms with Crippen molar-refractivity contribution < 1.29 is 38.4 Å². The van der Waals surface area contributed by atoms with Gasteiger partial charge in [0, 0.05) is 30.8 Å². The van der Waals surface area contributed by atoms with E-state index >= 15 is 0 Å². The number of nitro benzene ring substituents is 1. The Morgan fingerprint density at radius 2 is 1.57 bits per heavy atom. The molecule has 15 heteroatoms. The van der Waals surface area contributed by atoms with E-state index in [9.17, 15) is 34.1 Å². The molecule has 0 fully saturated rings.